The van der Waals surface area contributed by atoms with Crippen molar-refractivity contribution in [2.24, 2.45) is 5.92 Å². The number of likely N-dealkylation sites (N-methyl/N-ethyl adjacent to an activating group) is 1. The number of aliphatic hydroxyl groups is 1. The third kappa shape index (κ3) is 9.77. The van der Waals surface area contributed by atoms with Crippen LogP contribution in [0.3, 0.4) is 0 Å². The van der Waals surface area contributed by atoms with Crippen molar-refractivity contribution in [3.05, 3.63) is 0 Å². The predicted molar refractivity (Wildman–Crippen MR) is 113 cm³/mol. The molecule has 1 aliphatic rings. The monoisotopic (exact) mass is 416 g/mol. The summed E-state index contributed by atoms with van der Waals surface area (Å²) in [7, 11) is 0.346. The number of aliphatic hydroxyl groups excluding tert-OH is 1. The highest BCUT2D eigenvalue weighted by Gasteiger charge is 2.33. The molecule has 0 aromatic heterocycles. The van der Waals surface area contributed by atoms with Gasteiger partial charge < -0.3 is 24.8 Å². The Hall–Kier alpha value is -1.28. The minimum Gasteiger partial charge on any atom is -0.450 e. The summed E-state index contributed by atoms with van der Waals surface area (Å²) in [6.45, 7) is 12.6. The van der Waals surface area contributed by atoms with E-state index in [1.54, 1.807) is 27.8 Å². The molecule has 1 saturated carbocycles. The average Bonchev–Trinajstić information content (AvgIpc) is 3.04. The van der Waals surface area contributed by atoms with Crippen molar-refractivity contribution in [3.8, 4) is 0 Å². The molecule has 1 rings (SSSR count). The van der Waals surface area contributed by atoms with Crippen LogP contribution in [0.2, 0.25) is 25.7 Å². The third-order valence-corrected chi connectivity index (χ3v) is 6.56. The Morgan fingerprint density at radius 2 is 1.79 bits per heavy atom. The van der Waals surface area contributed by atoms with Gasteiger partial charge in [-0.15, -0.1) is 0 Å². The van der Waals surface area contributed by atoms with Gasteiger partial charge in [-0.2, -0.15) is 0 Å². The van der Waals surface area contributed by atoms with E-state index in [4.69, 9.17) is 9.47 Å². The molecule has 0 heterocycles. The van der Waals surface area contributed by atoms with E-state index in [9.17, 15) is 14.7 Å². The van der Waals surface area contributed by atoms with Gasteiger partial charge in [0.25, 0.3) is 0 Å². The first-order valence-electron chi connectivity index (χ1n) is 10.3. The van der Waals surface area contributed by atoms with E-state index in [1.807, 2.05) is 0 Å². The van der Waals surface area contributed by atoms with Gasteiger partial charge in [0.2, 0.25) is 0 Å². The number of amides is 2. The molecule has 2 amide bonds. The molecule has 0 spiro atoms. The Bertz CT molecular complexity index is 510. The second-order valence-electron chi connectivity index (χ2n) is 10.1. The molecule has 7 nitrogen and oxygen atoms in total. The van der Waals surface area contributed by atoms with E-state index in [0.717, 1.165) is 31.7 Å². The lowest BCUT2D eigenvalue weighted by atomic mass is 9.94. The molecule has 0 bridgehead atoms. The number of ether oxygens (including phenoxy) is 2. The van der Waals surface area contributed by atoms with Crippen molar-refractivity contribution < 1.29 is 24.2 Å². The Kier molecular flexibility index (Phi) is 9.27. The quantitative estimate of drug-likeness (QED) is 0.587. The van der Waals surface area contributed by atoms with Gasteiger partial charge in [0.1, 0.15) is 5.60 Å². The molecule has 0 aromatic carbocycles. The van der Waals surface area contributed by atoms with E-state index >= 15 is 0 Å². The van der Waals surface area contributed by atoms with Gasteiger partial charge in [0.15, 0.2) is 0 Å². The number of carbonyl (C=O) groups is 2. The number of alkyl carbamates (subject to hydrolysis) is 1. The van der Waals surface area contributed by atoms with Gasteiger partial charge in [-0.3, -0.25) is 0 Å². The van der Waals surface area contributed by atoms with Crippen LogP contribution in [0.1, 0.15) is 46.5 Å². The molecule has 1 fully saturated rings. The van der Waals surface area contributed by atoms with Crippen LogP contribution in [0.15, 0.2) is 0 Å². The second-order valence-corrected chi connectivity index (χ2v) is 15.7. The first kappa shape index (κ1) is 24.8. The van der Waals surface area contributed by atoms with Crippen molar-refractivity contribution in [1.82, 2.24) is 10.2 Å². The van der Waals surface area contributed by atoms with Crippen molar-refractivity contribution in [2.75, 3.05) is 20.2 Å². The third-order valence-electron chi connectivity index (χ3n) is 4.86. The van der Waals surface area contributed by atoms with Crippen LogP contribution in [0, 0.1) is 5.92 Å². The fraction of sp³-hybridized carbons (Fsp3) is 0.900. The number of nitrogens with zero attached hydrogens (tertiary/aromatic N) is 1. The largest absolute Gasteiger partial charge is 0.450 e. The maximum Gasteiger partial charge on any atom is 0.409 e. The summed E-state index contributed by atoms with van der Waals surface area (Å²) in [5.41, 5.74) is -0.630. The van der Waals surface area contributed by atoms with E-state index in [1.165, 1.54) is 4.90 Å². The molecule has 0 aliphatic heterocycles. The summed E-state index contributed by atoms with van der Waals surface area (Å²) < 4.78 is 10.7. The highest BCUT2D eigenvalue weighted by Crippen LogP contribution is 2.29. The van der Waals surface area contributed by atoms with Gasteiger partial charge in [-0.1, -0.05) is 32.5 Å². The van der Waals surface area contributed by atoms with E-state index < -0.39 is 38.0 Å². The Labute approximate surface area is 171 Å². The first-order chi connectivity index (χ1) is 12.8. The minimum atomic E-state index is -1.28. The van der Waals surface area contributed by atoms with Gasteiger partial charge in [-0.25, -0.2) is 9.59 Å². The molecule has 8 heteroatoms. The van der Waals surface area contributed by atoms with Gasteiger partial charge in [-0.05, 0) is 45.6 Å². The molecular weight excluding hydrogens is 376 g/mol. The molecule has 164 valence electrons. The molecule has 0 aromatic rings. The fourth-order valence-corrected chi connectivity index (χ4v) is 3.96. The standard InChI is InChI=1S/C20H40N2O5Si/c1-20(2,3)27-18(24)21-16(17(23)15-10-8-9-11-15)14-22(4)19(25)26-12-13-28(5,6)7/h15-17,23H,8-14H2,1-7H3,(H,21,24)/t16-,17-/m1/s1. The molecular formula is C20H40N2O5Si. The summed E-state index contributed by atoms with van der Waals surface area (Å²) in [4.78, 5) is 26.0. The number of hydrogen-bond acceptors (Lipinski definition) is 5. The molecule has 2 atom stereocenters. The van der Waals surface area contributed by atoms with Crippen LogP contribution >= 0.6 is 0 Å². The number of nitrogens with one attached hydrogen (secondary N) is 1. The normalized spacial score (nSPS) is 17.7. The van der Waals surface area contributed by atoms with Crippen molar-refractivity contribution in [1.29, 1.82) is 0 Å². The highest BCUT2D eigenvalue weighted by molar-refractivity contribution is 6.76. The molecule has 1 aliphatic carbocycles. The molecule has 0 unspecified atom stereocenters. The molecule has 0 radical (unpaired) electrons. The van der Waals surface area contributed by atoms with Crippen LogP contribution in [0.25, 0.3) is 0 Å². The van der Waals surface area contributed by atoms with Crippen LogP contribution in [0.5, 0.6) is 0 Å². The summed E-state index contributed by atoms with van der Waals surface area (Å²) in [6, 6.07) is 0.295. The van der Waals surface area contributed by atoms with Crippen LogP contribution < -0.4 is 5.32 Å². The molecule has 0 saturated heterocycles. The number of hydrogen-bond donors (Lipinski definition) is 2. The van der Waals surface area contributed by atoms with Gasteiger partial charge in [0.05, 0.1) is 18.8 Å². The summed E-state index contributed by atoms with van der Waals surface area (Å²) >= 11 is 0. The van der Waals surface area contributed by atoms with Crippen LogP contribution in [0.4, 0.5) is 9.59 Å². The van der Waals surface area contributed by atoms with E-state index in [-0.39, 0.29) is 12.5 Å². The zero-order valence-corrected chi connectivity index (χ0v) is 19.7. The predicted octanol–water partition coefficient (Wildman–Crippen LogP) is 3.84. The molecule has 2 N–H and O–H groups in total. The van der Waals surface area contributed by atoms with E-state index in [0.29, 0.717) is 6.61 Å². The van der Waals surface area contributed by atoms with E-state index in [2.05, 4.69) is 25.0 Å². The summed E-state index contributed by atoms with van der Waals surface area (Å²) in [5.74, 6) is 0.122. The summed E-state index contributed by atoms with van der Waals surface area (Å²) in [6.07, 6.45) is 2.26. The van der Waals surface area contributed by atoms with Crippen molar-refractivity contribution >= 4 is 20.3 Å². The Balaban J connectivity index is 2.69. The lowest BCUT2D eigenvalue weighted by molar-refractivity contribution is 0.0260. The minimum absolute atomic E-state index is 0.122. The highest BCUT2D eigenvalue weighted by atomic mass is 28.3. The van der Waals surface area contributed by atoms with Gasteiger partial charge >= 0.3 is 12.2 Å². The summed E-state index contributed by atoms with van der Waals surface area (Å²) in [5, 5.41) is 13.6. The maximum absolute atomic E-state index is 12.3. The maximum atomic E-state index is 12.3. The lowest BCUT2D eigenvalue weighted by Gasteiger charge is -2.32. The topological polar surface area (TPSA) is 88.1 Å². The number of carbonyl (C=O) groups excluding carboxylic acids is 2. The number of rotatable bonds is 8. The zero-order chi connectivity index (χ0) is 21.5. The van der Waals surface area contributed by atoms with Crippen molar-refractivity contribution in [3.63, 3.8) is 0 Å². The fourth-order valence-electron chi connectivity index (χ4n) is 3.25. The SMILES string of the molecule is CN(C[C@@H](NC(=O)OC(C)(C)C)[C@H](O)C1CCCC1)C(=O)OCC[Si](C)(C)C. The van der Waals surface area contributed by atoms with Crippen LogP contribution in [-0.4, -0.2) is 68.2 Å². The lowest BCUT2D eigenvalue weighted by Crippen LogP contribution is -2.53. The van der Waals surface area contributed by atoms with Gasteiger partial charge in [0, 0.05) is 21.7 Å². The Morgan fingerprint density at radius 1 is 1.21 bits per heavy atom. The Morgan fingerprint density at radius 3 is 2.29 bits per heavy atom. The van der Waals surface area contributed by atoms with Crippen molar-refractivity contribution in [2.45, 2.75) is 89.9 Å². The second kappa shape index (κ2) is 10.5. The first-order valence-corrected chi connectivity index (χ1v) is 14.0. The average molecular weight is 417 g/mol. The smallest absolute Gasteiger partial charge is 0.409 e. The molecule has 28 heavy (non-hydrogen) atoms. The zero-order valence-electron chi connectivity index (χ0n) is 18.7. The van der Waals surface area contributed by atoms with Crippen LogP contribution in [-0.2, 0) is 9.47 Å².